The molecule has 1 saturated heterocycles. The van der Waals surface area contributed by atoms with Gasteiger partial charge in [0, 0.05) is 5.56 Å². The summed E-state index contributed by atoms with van der Waals surface area (Å²) in [5.41, 5.74) is -0.272. The lowest BCUT2D eigenvalue weighted by molar-refractivity contribution is -0.132. The van der Waals surface area contributed by atoms with Crippen LogP contribution in [0.5, 0.6) is 0 Å². The Bertz CT molecular complexity index is 434. The van der Waals surface area contributed by atoms with Crippen molar-refractivity contribution < 1.29 is 13.6 Å². The van der Waals surface area contributed by atoms with E-state index in [1.54, 1.807) is 6.92 Å². The van der Waals surface area contributed by atoms with Crippen molar-refractivity contribution in [2.24, 2.45) is 0 Å². The molecule has 0 spiro atoms. The SMILES string of the molecule is Cc1cc(F)c(C2(C)CC(=O)N2)cc1F. The largest absolute Gasteiger partial charge is 0.346 e. The molecular formula is C11H11F2NO. The quantitative estimate of drug-likeness (QED) is 0.707. The first-order valence-electron chi connectivity index (χ1n) is 4.69. The second-order valence-electron chi connectivity index (χ2n) is 4.14. The molecule has 0 aliphatic carbocycles. The average Bonchev–Trinajstić information content (AvgIpc) is 2.08. The molecule has 2 rings (SSSR count). The number of aryl methyl sites for hydroxylation is 1. The molecule has 2 nitrogen and oxygen atoms in total. The van der Waals surface area contributed by atoms with Crippen LogP contribution in [0.1, 0.15) is 24.5 Å². The van der Waals surface area contributed by atoms with E-state index >= 15 is 0 Å². The molecule has 4 heteroatoms. The standard InChI is InChI=1S/C11H11F2NO/c1-6-3-9(13)7(4-8(6)12)11(2)5-10(15)14-11/h3-4H,5H2,1-2H3,(H,14,15). The number of nitrogens with one attached hydrogen (secondary N) is 1. The van der Waals surface area contributed by atoms with Crippen LogP contribution in [-0.2, 0) is 10.3 Å². The highest BCUT2D eigenvalue weighted by Crippen LogP contribution is 2.34. The van der Waals surface area contributed by atoms with E-state index in [1.807, 2.05) is 0 Å². The summed E-state index contributed by atoms with van der Waals surface area (Å²) in [6, 6.07) is 2.31. The van der Waals surface area contributed by atoms with E-state index in [1.165, 1.54) is 6.92 Å². The van der Waals surface area contributed by atoms with Gasteiger partial charge in [-0.25, -0.2) is 8.78 Å². The number of halogens is 2. The van der Waals surface area contributed by atoms with Crippen LogP contribution in [0.3, 0.4) is 0 Å². The third kappa shape index (κ3) is 1.50. The number of hydrogen-bond acceptors (Lipinski definition) is 1. The van der Waals surface area contributed by atoms with Crippen LogP contribution in [0.4, 0.5) is 8.78 Å². The van der Waals surface area contributed by atoms with Gasteiger partial charge in [-0.15, -0.1) is 0 Å². The second-order valence-corrected chi connectivity index (χ2v) is 4.14. The van der Waals surface area contributed by atoms with Crippen molar-refractivity contribution in [1.29, 1.82) is 0 Å². The molecule has 1 aliphatic heterocycles. The molecular weight excluding hydrogens is 200 g/mol. The number of β-lactam (4-membered cyclic amide) rings is 1. The minimum absolute atomic E-state index is 0.141. The molecule has 1 N–H and O–H groups in total. The van der Waals surface area contributed by atoms with Crippen LogP contribution in [0.2, 0.25) is 0 Å². The van der Waals surface area contributed by atoms with Gasteiger partial charge < -0.3 is 5.32 Å². The van der Waals surface area contributed by atoms with Crippen molar-refractivity contribution in [1.82, 2.24) is 5.32 Å². The summed E-state index contributed by atoms with van der Waals surface area (Å²) in [5, 5.41) is 2.58. The average molecular weight is 211 g/mol. The Hall–Kier alpha value is -1.45. The summed E-state index contributed by atoms with van der Waals surface area (Å²) in [6.07, 6.45) is 0.201. The lowest BCUT2D eigenvalue weighted by Gasteiger charge is -2.39. The van der Waals surface area contributed by atoms with Crippen molar-refractivity contribution in [2.45, 2.75) is 25.8 Å². The fourth-order valence-electron chi connectivity index (χ4n) is 1.84. The number of benzene rings is 1. The Kier molecular flexibility index (Phi) is 2.03. The zero-order valence-corrected chi connectivity index (χ0v) is 8.53. The van der Waals surface area contributed by atoms with Crippen LogP contribution >= 0.6 is 0 Å². The van der Waals surface area contributed by atoms with Crippen LogP contribution in [0.25, 0.3) is 0 Å². The molecule has 0 saturated carbocycles. The lowest BCUT2D eigenvalue weighted by atomic mass is 9.81. The Labute approximate surface area is 86.3 Å². The highest BCUT2D eigenvalue weighted by molar-refractivity contribution is 5.85. The molecule has 80 valence electrons. The predicted molar refractivity (Wildman–Crippen MR) is 51.2 cm³/mol. The molecule has 0 bridgehead atoms. The van der Waals surface area contributed by atoms with E-state index in [9.17, 15) is 13.6 Å². The lowest BCUT2D eigenvalue weighted by Crippen LogP contribution is -2.56. The molecule has 1 aromatic carbocycles. The molecule has 1 aromatic rings. The van der Waals surface area contributed by atoms with Crippen molar-refractivity contribution >= 4 is 5.91 Å². The molecule has 1 atom stereocenters. The van der Waals surface area contributed by atoms with Gasteiger partial charge in [-0.2, -0.15) is 0 Å². The Morgan fingerprint density at radius 2 is 1.93 bits per heavy atom. The first-order valence-corrected chi connectivity index (χ1v) is 4.69. The number of amides is 1. The number of carbonyl (C=O) groups is 1. The summed E-state index contributed by atoms with van der Waals surface area (Å²) in [7, 11) is 0. The molecule has 1 amide bonds. The molecule has 1 unspecified atom stereocenters. The Balaban J connectivity index is 2.45. The van der Waals surface area contributed by atoms with Crippen molar-refractivity contribution in [3.63, 3.8) is 0 Å². The highest BCUT2D eigenvalue weighted by atomic mass is 19.1. The van der Waals surface area contributed by atoms with Crippen molar-refractivity contribution in [2.75, 3.05) is 0 Å². The van der Waals surface area contributed by atoms with Gasteiger partial charge in [0.2, 0.25) is 5.91 Å². The predicted octanol–water partition coefficient (Wildman–Crippen LogP) is 2.01. The first-order chi connectivity index (χ1) is 6.92. The minimum Gasteiger partial charge on any atom is -0.346 e. The molecule has 1 heterocycles. The van der Waals surface area contributed by atoms with Gasteiger partial charge in [-0.05, 0) is 31.5 Å². The van der Waals surface area contributed by atoms with Crippen LogP contribution in [0, 0.1) is 18.6 Å². The first kappa shape index (κ1) is 10.1. The third-order valence-corrected chi connectivity index (χ3v) is 2.77. The summed E-state index contributed by atoms with van der Waals surface area (Å²) >= 11 is 0. The number of hydrogen-bond donors (Lipinski definition) is 1. The Morgan fingerprint density at radius 3 is 2.47 bits per heavy atom. The highest BCUT2D eigenvalue weighted by Gasteiger charge is 2.41. The monoisotopic (exact) mass is 211 g/mol. The topological polar surface area (TPSA) is 29.1 Å². The van der Waals surface area contributed by atoms with E-state index in [0.717, 1.165) is 12.1 Å². The van der Waals surface area contributed by atoms with E-state index in [2.05, 4.69) is 5.32 Å². The molecule has 1 fully saturated rings. The van der Waals surface area contributed by atoms with Gasteiger partial charge in [0.1, 0.15) is 11.6 Å². The zero-order valence-electron chi connectivity index (χ0n) is 8.53. The zero-order chi connectivity index (χ0) is 11.2. The molecule has 0 aromatic heterocycles. The van der Waals surface area contributed by atoms with Crippen LogP contribution < -0.4 is 5.32 Å². The second kappa shape index (κ2) is 3.02. The number of rotatable bonds is 1. The fourth-order valence-corrected chi connectivity index (χ4v) is 1.84. The Morgan fingerprint density at radius 1 is 1.33 bits per heavy atom. The van der Waals surface area contributed by atoms with Crippen LogP contribution in [0.15, 0.2) is 12.1 Å². The van der Waals surface area contributed by atoms with E-state index < -0.39 is 17.2 Å². The third-order valence-electron chi connectivity index (χ3n) is 2.77. The van der Waals surface area contributed by atoms with E-state index in [0.29, 0.717) is 0 Å². The summed E-state index contributed by atoms with van der Waals surface area (Å²) in [6.45, 7) is 3.19. The number of carbonyl (C=O) groups excluding carboxylic acids is 1. The summed E-state index contributed by atoms with van der Waals surface area (Å²) < 4.78 is 26.8. The minimum atomic E-state index is -0.754. The maximum absolute atomic E-state index is 13.6. The smallest absolute Gasteiger partial charge is 0.223 e. The van der Waals surface area contributed by atoms with Gasteiger partial charge in [-0.3, -0.25) is 4.79 Å². The normalized spacial score (nSPS) is 24.7. The molecule has 1 aliphatic rings. The van der Waals surface area contributed by atoms with Gasteiger partial charge in [0.05, 0.1) is 12.0 Å². The molecule has 0 radical (unpaired) electrons. The van der Waals surface area contributed by atoms with Crippen molar-refractivity contribution in [3.05, 3.63) is 34.9 Å². The summed E-state index contributed by atoms with van der Waals surface area (Å²) in [4.78, 5) is 10.8. The van der Waals surface area contributed by atoms with E-state index in [-0.39, 0.29) is 23.5 Å². The summed E-state index contributed by atoms with van der Waals surface area (Å²) in [5.74, 6) is -1.07. The van der Waals surface area contributed by atoms with Crippen molar-refractivity contribution in [3.8, 4) is 0 Å². The fraction of sp³-hybridized carbons (Fsp3) is 0.364. The van der Waals surface area contributed by atoms with E-state index in [4.69, 9.17) is 0 Å². The van der Waals surface area contributed by atoms with Crippen LogP contribution in [-0.4, -0.2) is 5.91 Å². The van der Waals surface area contributed by atoms with Gasteiger partial charge in [0.25, 0.3) is 0 Å². The van der Waals surface area contributed by atoms with Gasteiger partial charge >= 0.3 is 0 Å². The van der Waals surface area contributed by atoms with Gasteiger partial charge in [-0.1, -0.05) is 0 Å². The molecule has 15 heavy (non-hydrogen) atoms. The maximum atomic E-state index is 13.6. The van der Waals surface area contributed by atoms with Gasteiger partial charge in [0.15, 0.2) is 0 Å². The maximum Gasteiger partial charge on any atom is 0.223 e.